The summed E-state index contributed by atoms with van der Waals surface area (Å²) in [6.45, 7) is 5.34. The van der Waals surface area contributed by atoms with Crippen LogP contribution in [-0.2, 0) is 6.42 Å². The van der Waals surface area contributed by atoms with E-state index in [1.54, 1.807) is 6.33 Å². The average molecular weight is 404 g/mol. The maximum absolute atomic E-state index is 5.39. The summed E-state index contributed by atoms with van der Waals surface area (Å²) in [7, 11) is 0. The number of nitrogens with zero attached hydrogens (tertiary/aromatic N) is 5. The van der Waals surface area contributed by atoms with E-state index in [0.29, 0.717) is 29.6 Å². The average Bonchev–Trinajstić information content (AvgIpc) is 3.16. The van der Waals surface area contributed by atoms with E-state index >= 15 is 0 Å². The number of aromatic nitrogens is 3. The van der Waals surface area contributed by atoms with E-state index in [2.05, 4.69) is 55.3 Å². The Morgan fingerprint density at radius 1 is 1.07 bits per heavy atom. The van der Waals surface area contributed by atoms with Crippen LogP contribution in [0.5, 0.6) is 0 Å². The molecule has 3 aliphatic heterocycles. The molecule has 4 atom stereocenters. The van der Waals surface area contributed by atoms with E-state index in [9.17, 15) is 0 Å². The zero-order valence-electron chi connectivity index (χ0n) is 17.6. The molecule has 6 rings (SSSR count). The summed E-state index contributed by atoms with van der Waals surface area (Å²) in [6.07, 6.45) is 8.18. The van der Waals surface area contributed by atoms with Gasteiger partial charge in [-0.15, -0.1) is 0 Å². The molecule has 3 fully saturated rings. The lowest BCUT2D eigenvalue weighted by atomic mass is 9.74. The summed E-state index contributed by atoms with van der Waals surface area (Å²) < 4.78 is 5.39. The van der Waals surface area contributed by atoms with Crippen LogP contribution in [0.25, 0.3) is 11.1 Å². The molecule has 3 aromatic rings. The quantitative estimate of drug-likeness (QED) is 0.662. The van der Waals surface area contributed by atoms with Gasteiger partial charge in [0.15, 0.2) is 0 Å². The third kappa shape index (κ3) is 3.09. The number of anilines is 1. The van der Waals surface area contributed by atoms with Gasteiger partial charge in [-0.3, -0.25) is 4.90 Å². The summed E-state index contributed by atoms with van der Waals surface area (Å²) in [5, 5.41) is 5.11. The van der Waals surface area contributed by atoms with Gasteiger partial charge in [-0.1, -0.05) is 41.9 Å². The Bertz CT molecular complexity index is 1030. The second-order valence-corrected chi connectivity index (χ2v) is 9.45. The van der Waals surface area contributed by atoms with Gasteiger partial charge >= 0.3 is 0 Å². The fourth-order valence-electron chi connectivity index (χ4n) is 6.33. The third-order valence-electron chi connectivity index (χ3n) is 7.55. The summed E-state index contributed by atoms with van der Waals surface area (Å²) in [6, 6.07) is 12.4. The second-order valence-electron chi connectivity index (χ2n) is 9.45. The molecule has 0 spiro atoms. The number of hydrogen-bond donors (Lipinski definition) is 0. The number of piperidine rings is 3. The molecule has 156 valence electrons. The maximum atomic E-state index is 5.39. The molecule has 0 amide bonds. The third-order valence-corrected chi connectivity index (χ3v) is 7.55. The van der Waals surface area contributed by atoms with Crippen molar-refractivity contribution in [3.8, 4) is 0 Å². The van der Waals surface area contributed by atoms with E-state index in [1.807, 2.05) is 6.92 Å². The normalized spacial score (nSPS) is 29.2. The SMILES string of the molecule is Cc1noc2ncnc(N3C[C@@H]4C[C@H](C3)[C@@H]3CCC[C@H](Cc5ccccc5)N3C4)c12. The first kappa shape index (κ1) is 18.3. The first-order chi connectivity index (χ1) is 14.8. The highest BCUT2D eigenvalue weighted by Crippen LogP contribution is 2.42. The minimum absolute atomic E-state index is 0.607. The zero-order chi connectivity index (χ0) is 20.1. The minimum Gasteiger partial charge on any atom is -0.355 e. The van der Waals surface area contributed by atoms with Gasteiger partial charge in [0.2, 0.25) is 0 Å². The molecule has 6 heteroatoms. The summed E-state index contributed by atoms with van der Waals surface area (Å²) >= 11 is 0. The molecular formula is C24H29N5O. The van der Waals surface area contributed by atoms with Crippen molar-refractivity contribution in [1.29, 1.82) is 0 Å². The van der Waals surface area contributed by atoms with Crippen molar-refractivity contribution in [3.63, 3.8) is 0 Å². The molecule has 5 heterocycles. The molecule has 2 bridgehead atoms. The van der Waals surface area contributed by atoms with Crippen molar-refractivity contribution in [1.82, 2.24) is 20.0 Å². The Morgan fingerprint density at radius 2 is 1.97 bits per heavy atom. The predicted octanol–water partition coefficient (Wildman–Crippen LogP) is 3.85. The standard InChI is InChI=1S/C24H29N5O/c1-16-22-23(25-15-26-24(22)30-27-16)28-12-18-10-19(14-28)21-9-5-8-20(29(21)13-18)11-17-6-3-2-4-7-17/h2-4,6-7,15,18-21H,5,8-14H2,1H3/t18-,19+,20+,21-/m0/s1. The van der Waals surface area contributed by atoms with Crippen LogP contribution in [0, 0.1) is 18.8 Å². The maximum Gasteiger partial charge on any atom is 0.263 e. The number of aryl methyl sites for hydroxylation is 1. The highest BCUT2D eigenvalue weighted by atomic mass is 16.5. The van der Waals surface area contributed by atoms with E-state index in [4.69, 9.17) is 4.52 Å². The Labute approximate surface area is 177 Å². The van der Waals surface area contributed by atoms with Crippen molar-refractivity contribution >= 4 is 16.9 Å². The summed E-state index contributed by atoms with van der Waals surface area (Å²) in [4.78, 5) is 14.3. The first-order valence-electron chi connectivity index (χ1n) is 11.4. The van der Waals surface area contributed by atoms with Crippen LogP contribution in [0.4, 0.5) is 5.82 Å². The lowest BCUT2D eigenvalue weighted by Crippen LogP contribution is -2.62. The number of fused-ring (bicyclic) bond motifs is 5. The Morgan fingerprint density at radius 3 is 2.87 bits per heavy atom. The monoisotopic (exact) mass is 403 g/mol. The molecule has 6 nitrogen and oxygen atoms in total. The molecule has 0 unspecified atom stereocenters. The molecule has 30 heavy (non-hydrogen) atoms. The summed E-state index contributed by atoms with van der Waals surface area (Å²) in [5.74, 6) is 2.42. The van der Waals surface area contributed by atoms with Crippen LogP contribution in [-0.4, -0.2) is 51.7 Å². The Kier molecular flexibility index (Phi) is 4.48. The molecule has 3 aliphatic rings. The van der Waals surface area contributed by atoms with Gasteiger partial charge in [-0.2, -0.15) is 4.98 Å². The number of hydrogen-bond acceptors (Lipinski definition) is 6. The van der Waals surface area contributed by atoms with Crippen molar-refractivity contribution in [2.45, 2.75) is 51.1 Å². The minimum atomic E-state index is 0.607. The van der Waals surface area contributed by atoms with Gasteiger partial charge in [0.25, 0.3) is 5.71 Å². The molecule has 2 aromatic heterocycles. The van der Waals surface area contributed by atoms with Crippen molar-refractivity contribution < 1.29 is 4.52 Å². The zero-order valence-corrected chi connectivity index (χ0v) is 17.6. The van der Waals surface area contributed by atoms with Crippen molar-refractivity contribution in [3.05, 3.63) is 47.9 Å². The van der Waals surface area contributed by atoms with Crippen LogP contribution in [0.15, 0.2) is 41.2 Å². The molecule has 0 radical (unpaired) electrons. The molecular weight excluding hydrogens is 374 g/mol. The van der Waals surface area contributed by atoms with Crippen LogP contribution in [0.2, 0.25) is 0 Å². The number of benzene rings is 1. The topological polar surface area (TPSA) is 58.3 Å². The molecule has 1 aromatic carbocycles. The van der Waals surface area contributed by atoms with E-state index in [1.165, 1.54) is 44.2 Å². The number of rotatable bonds is 3. The van der Waals surface area contributed by atoms with Crippen molar-refractivity contribution in [2.24, 2.45) is 11.8 Å². The molecule has 0 N–H and O–H groups in total. The fourth-order valence-corrected chi connectivity index (χ4v) is 6.33. The van der Waals surface area contributed by atoms with Crippen LogP contribution < -0.4 is 4.90 Å². The van der Waals surface area contributed by atoms with Gasteiger partial charge < -0.3 is 9.42 Å². The van der Waals surface area contributed by atoms with Gasteiger partial charge in [0.1, 0.15) is 17.5 Å². The smallest absolute Gasteiger partial charge is 0.263 e. The largest absolute Gasteiger partial charge is 0.355 e. The van der Waals surface area contributed by atoms with Gasteiger partial charge in [-0.05, 0) is 50.0 Å². The lowest BCUT2D eigenvalue weighted by Gasteiger charge is -2.55. The fraction of sp³-hybridized carbons (Fsp3) is 0.542. The van der Waals surface area contributed by atoms with Crippen LogP contribution in [0.1, 0.15) is 36.9 Å². The van der Waals surface area contributed by atoms with E-state index in [-0.39, 0.29) is 0 Å². The molecule has 3 saturated heterocycles. The van der Waals surface area contributed by atoms with E-state index in [0.717, 1.165) is 30.0 Å². The molecule has 0 aliphatic carbocycles. The predicted molar refractivity (Wildman–Crippen MR) is 116 cm³/mol. The van der Waals surface area contributed by atoms with Crippen molar-refractivity contribution in [2.75, 3.05) is 24.5 Å². The summed E-state index contributed by atoms with van der Waals surface area (Å²) in [5.41, 5.74) is 2.97. The van der Waals surface area contributed by atoms with Crippen LogP contribution in [0.3, 0.4) is 0 Å². The Balaban J connectivity index is 1.25. The molecule has 0 saturated carbocycles. The van der Waals surface area contributed by atoms with Gasteiger partial charge in [0, 0.05) is 31.7 Å². The second kappa shape index (κ2) is 7.34. The Hall–Kier alpha value is -2.47. The van der Waals surface area contributed by atoms with E-state index < -0.39 is 0 Å². The highest BCUT2D eigenvalue weighted by Gasteiger charge is 2.45. The van der Waals surface area contributed by atoms with Crippen LogP contribution >= 0.6 is 0 Å². The van der Waals surface area contributed by atoms with Gasteiger partial charge in [-0.25, -0.2) is 4.98 Å². The highest BCUT2D eigenvalue weighted by molar-refractivity contribution is 5.87. The van der Waals surface area contributed by atoms with Gasteiger partial charge in [0.05, 0.1) is 5.69 Å². The lowest BCUT2D eigenvalue weighted by molar-refractivity contribution is -0.0187. The first-order valence-corrected chi connectivity index (χ1v) is 11.4.